The van der Waals surface area contributed by atoms with Gasteiger partial charge in [-0.25, -0.2) is 0 Å². The van der Waals surface area contributed by atoms with Gasteiger partial charge in [0.1, 0.15) is 5.75 Å². The average molecular weight is 407 g/mol. The Labute approximate surface area is 138 Å². The van der Waals surface area contributed by atoms with Gasteiger partial charge in [0.15, 0.2) is 5.11 Å². The second kappa shape index (κ2) is 7.07. The first kappa shape index (κ1) is 17.0. The molecule has 0 atom stereocenters. The molecular weight excluding hydrogens is 389 g/mol. The molecule has 1 amide bonds. The SMILES string of the molecule is COc1cc(C(=O)NNC(=S)NC(C)(C)C)ccc1I. The number of benzene rings is 1. The Morgan fingerprint density at radius 1 is 1.30 bits per heavy atom. The van der Waals surface area contributed by atoms with E-state index >= 15 is 0 Å². The Morgan fingerprint density at radius 2 is 1.95 bits per heavy atom. The van der Waals surface area contributed by atoms with Crippen molar-refractivity contribution in [2.45, 2.75) is 26.3 Å². The van der Waals surface area contributed by atoms with Crippen molar-refractivity contribution in [1.29, 1.82) is 0 Å². The summed E-state index contributed by atoms with van der Waals surface area (Å²) in [5, 5.41) is 3.40. The van der Waals surface area contributed by atoms with Gasteiger partial charge in [-0.1, -0.05) is 0 Å². The number of hydrogen-bond acceptors (Lipinski definition) is 3. The molecule has 1 rings (SSSR count). The predicted molar refractivity (Wildman–Crippen MR) is 91.8 cm³/mol. The van der Waals surface area contributed by atoms with Crippen molar-refractivity contribution in [3.63, 3.8) is 0 Å². The smallest absolute Gasteiger partial charge is 0.269 e. The van der Waals surface area contributed by atoms with E-state index in [-0.39, 0.29) is 11.4 Å². The van der Waals surface area contributed by atoms with Crippen LogP contribution in [-0.4, -0.2) is 23.7 Å². The van der Waals surface area contributed by atoms with Crippen LogP contribution < -0.4 is 20.9 Å². The number of thiocarbonyl (C=S) groups is 1. The predicted octanol–water partition coefficient (Wildman–Crippen LogP) is 2.21. The monoisotopic (exact) mass is 407 g/mol. The van der Waals surface area contributed by atoms with Crippen molar-refractivity contribution >= 4 is 45.8 Å². The van der Waals surface area contributed by atoms with Crippen LogP contribution in [0.1, 0.15) is 31.1 Å². The van der Waals surface area contributed by atoms with Crippen LogP contribution in [0.3, 0.4) is 0 Å². The highest BCUT2D eigenvalue weighted by molar-refractivity contribution is 14.1. The van der Waals surface area contributed by atoms with E-state index in [1.807, 2.05) is 26.8 Å². The standard InChI is InChI=1S/C13H18IN3O2S/c1-13(2,3)15-12(20)17-16-11(18)8-5-6-9(14)10(7-8)19-4/h5-7H,1-4H3,(H,16,18)(H2,15,17,20). The molecule has 0 unspecified atom stereocenters. The zero-order chi connectivity index (χ0) is 15.3. The Hall–Kier alpha value is -1.09. The lowest BCUT2D eigenvalue weighted by Gasteiger charge is -2.23. The van der Waals surface area contributed by atoms with E-state index < -0.39 is 0 Å². The molecule has 0 aliphatic rings. The number of ether oxygens (including phenoxy) is 1. The van der Waals surface area contributed by atoms with Crippen LogP contribution in [0.4, 0.5) is 0 Å². The minimum absolute atomic E-state index is 0.166. The third kappa shape index (κ3) is 5.49. The molecule has 0 saturated heterocycles. The first-order valence-electron chi connectivity index (χ1n) is 5.95. The Kier molecular flexibility index (Phi) is 6.00. The summed E-state index contributed by atoms with van der Waals surface area (Å²) in [6, 6.07) is 5.22. The van der Waals surface area contributed by atoms with Crippen molar-refractivity contribution in [2.24, 2.45) is 0 Å². The fraction of sp³-hybridized carbons (Fsp3) is 0.385. The highest BCUT2D eigenvalue weighted by Crippen LogP contribution is 2.21. The molecular formula is C13H18IN3O2S. The van der Waals surface area contributed by atoms with Gasteiger partial charge in [-0.05, 0) is 73.8 Å². The van der Waals surface area contributed by atoms with E-state index in [2.05, 4.69) is 38.8 Å². The molecule has 1 aromatic rings. The van der Waals surface area contributed by atoms with E-state index in [9.17, 15) is 4.79 Å². The zero-order valence-electron chi connectivity index (χ0n) is 11.8. The summed E-state index contributed by atoms with van der Waals surface area (Å²) in [7, 11) is 1.57. The van der Waals surface area contributed by atoms with Crippen LogP contribution >= 0.6 is 34.8 Å². The molecule has 0 radical (unpaired) electrons. The number of carbonyl (C=O) groups excluding carboxylic acids is 1. The molecule has 0 heterocycles. The van der Waals surface area contributed by atoms with E-state index in [1.54, 1.807) is 19.2 Å². The summed E-state index contributed by atoms with van der Waals surface area (Å²) in [4.78, 5) is 12.0. The van der Waals surface area contributed by atoms with Gasteiger partial charge in [-0.3, -0.25) is 15.6 Å². The molecule has 0 aromatic heterocycles. The Balaban J connectivity index is 2.61. The van der Waals surface area contributed by atoms with Crippen molar-refractivity contribution in [1.82, 2.24) is 16.2 Å². The topological polar surface area (TPSA) is 62.4 Å². The van der Waals surface area contributed by atoms with E-state index in [0.29, 0.717) is 16.4 Å². The molecule has 3 N–H and O–H groups in total. The number of hydrogen-bond donors (Lipinski definition) is 3. The fourth-order valence-corrected chi connectivity index (χ4v) is 2.27. The zero-order valence-corrected chi connectivity index (χ0v) is 14.8. The summed E-state index contributed by atoms with van der Waals surface area (Å²) in [6.07, 6.45) is 0. The summed E-state index contributed by atoms with van der Waals surface area (Å²) in [5.74, 6) is 0.381. The van der Waals surface area contributed by atoms with Gasteiger partial charge in [-0.2, -0.15) is 0 Å². The molecule has 0 fully saturated rings. The van der Waals surface area contributed by atoms with E-state index in [1.165, 1.54) is 0 Å². The lowest BCUT2D eigenvalue weighted by atomic mass is 10.1. The third-order valence-electron chi connectivity index (χ3n) is 2.19. The highest BCUT2D eigenvalue weighted by atomic mass is 127. The molecule has 7 heteroatoms. The number of carbonyl (C=O) groups is 1. The maximum atomic E-state index is 12.0. The molecule has 110 valence electrons. The van der Waals surface area contributed by atoms with Gasteiger partial charge in [0, 0.05) is 11.1 Å². The summed E-state index contributed by atoms with van der Waals surface area (Å²) in [5.41, 5.74) is 5.54. The van der Waals surface area contributed by atoms with E-state index in [0.717, 1.165) is 3.57 Å². The Bertz CT molecular complexity index is 515. The van der Waals surface area contributed by atoms with Crippen molar-refractivity contribution in [3.05, 3.63) is 27.3 Å². The van der Waals surface area contributed by atoms with Crippen molar-refractivity contribution in [3.8, 4) is 5.75 Å². The minimum Gasteiger partial charge on any atom is -0.496 e. The van der Waals surface area contributed by atoms with E-state index in [4.69, 9.17) is 17.0 Å². The average Bonchev–Trinajstić information content (AvgIpc) is 2.34. The highest BCUT2D eigenvalue weighted by Gasteiger charge is 2.12. The van der Waals surface area contributed by atoms with Gasteiger partial charge in [0.05, 0.1) is 10.7 Å². The van der Waals surface area contributed by atoms with Crippen LogP contribution in [-0.2, 0) is 0 Å². The number of nitrogens with one attached hydrogen (secondary N) is 3. The van der Waals surface area contributed by atoms with Gasteiger partial charge in [0.25, 0.3) is 5.91 Å². The van der Waals surface area contributed by atoms with Crippen LogP contribution in [0.15, 0.2) is 18.2 Å². The largest absolute Gasteiger partial charge is 0.496 e. The normalized spacial score (nSPS) is 10.7. The molecule has 0 aliphatic carbocycles. The van der Waals surface area contributed by atoms with Crippen LogP contribution in [0.5, 0.6) is 5.75 Å². The summed E-state index contributed by atoms with van der Waals surface area (Å²) < 4.78 is 6.13. The molecule has 0 spiro atoms. The first-order valence-corrected chi connectivity index (χ1v) is 7.43. The lowest BCUT2D eigenvalue weighted by Crippen LogP contribution is -2.52. The van der Waals surface area contributed by atoms with Crippen LogP contribution in [0, 0.1) is 3.57 Å². The number of amides is 1. The molecule has 1 aromatic carbocycles. The van der Waals surface area contributed by atoms with Gasteiger partial charge >= 0.3 is 0 Å². The maximum Gasteiger partial charge on any atom is 0.269 e. The molecule has 20 heavy (non-hydrogen) atoms. The second-order valence-electron chi connectivity index (χ2n) is 5.13. The molecule has 5 nitrogen and oxygen atoms in total. The maximum absolute atomic E-state index is 12.0. The molecule has 0 saturated carbocycles. The van der Waals surface area contributed by atoms with Gasteiger partial charge in [-0.15, -0.1) is 0 Å². The third-order valence-corrected chi connectivity index (χ3v) is 3.29. The number of rotatable bonds is 2. The number of hydrazine groups is 1. The van der Waals surface area contributed by atoms with Gasteiger partial charge in [0.2, 0.25) is 0 Å². The lowest BCUT2D eigenvalue weighted by molar-refractivity contribution is 0.0943. The van der Waals surface area contributed by atoms with Crippen molar-refractivity contribution < 1.29 is 9.53 Å². The summed E-state index contributed by atoms with van der Waals surface area (Å²) in [6.45, 7) is 5.94. The van der Waals surface area contributed by atoms with Gasteiger partial charge < -0.3 is 10.1 Å². The quantitative estimate of drug-likeness (QED) is 0.399. The van der Waals surface area contributed by atoms with Crippen LogP contribution in [0.25, 0.3) is 0 Å². The molecule has 0 aliphatic heterocycles. The Morgan fingerprint density at radius 3 is 2.50 bits per heavy atom. The number of halogens is 1. The van der Waals surface area contributed by atoms with Crippen molar-refractivity contribution in [2.75, 3.05) is 7.11 Å². The fourth-order valence-electron chi connectivity index (χ4n) is 1.36. The first-order chi connectivity index (χ1) is 9.23. The number of methoxy groups -OCH3 is 1. The second-order valence-corrected chi connectivity index (χ2v) is 6.70. The molecule has 0 bridgehead atoms. The minimum atomic E-state index is -0.280. The summed E-state index contributed by atoms with van der Waals surface area (Å²) >= 11 is 7.22. The van der Waals surface area contributed by atoms with Crippen LogP contribution in [0.2, 0.25) is 0 Å².